The van der Waals surface area contributed by atoms with E-state index in [1.54, 1.807) is 6.07 Å². The number of aliphatic hydroxyl groups is 4. The van der Waals surface area contributed by atoms with E-state index in [1.165, 1.54) is 0 Å². The molecule has 1 atom stereocenters. The summed E-state index contributed by atoms with van der Waals surface area (Å²) in [5, 5.41) is 41.1. The summed E-state index contributed by atoms with van der Waals surface area (Å²) >= 11 is 0. The topological polar surface area (TPSA) is 197 Å². The summed E-state index contributed by atoms with van der Waals surface area (Å²) in [6, 6.07) is 11.9. The maximum Gasteiger partial charge on any atom is 0.334 e. The maximum absolute atomic E-state index is 11.3. The number of benzene rings is 2. The molecule has 0 amide bonds. The van der Waals surface area contributed by atoms with Gasteiger partial charge in [-0.3, -0.25) is 0 Å². The average molecular weight is 576 g/mol. The molecule has 2 aromatic carbocycles. The van der Waals surface area contributed by atoms with Crippen LogP contribution >= 0.6 is 17.2 Å². The van der Waals surface area contributed by atoms with E-state index in [1.807, 2.05) is 12.1 Å². The second-order valence-electron chi connectivity index (χ2n) is 11.2. The summed E-state index contributed by atoms with van der Waals surface area (Å²) < 4.78 is 3.60. The van der Waals surface area contributed by atoms with Crippen LogP contribution in [0.1, 0.15) is 69.9 Å². The molecular weight excluding hydrogens is 532 g/mol. The molecule has 12 heteroatoms. The van der Waals surface area contributed by atoms with Crippen molar-refractivity contribution in [3.63, 3.8) is 0 Å². The summed E-state index contributed by atoms with van der Waals surface area (Å²) in [6.45, 7) is 11.6. The van der Waals surface area contributed by atoms with E-state index in [9.17, 15) is 20.4 Å². The Bertz CT molecular complexity index is 970. The Balaban J connectivity index is 0.000000905. The third kappa shape index (κ3) is 8.96. The summed E-state index contributed by atoms with van der Waals surface area (Å²) in [7, 11) is -5.22. The zero-order valence-electron chi connectivity index (χ0n) is 22.8. The normalized spacial score (nSPS) is 13.5. The zero-order valence-corrected chi connectivity index (χ0v) is 24.6. The Morgan fingerprint density at radius 3 is 1.55 bits per heavy atom. The predicted molar refractivity (Wildman–Crippen MR) is 150 cm³/mol. The van der Waals surface area contributed by atoms with E-state index < -0.39 is 48.5 Å². The van der Waals surface area contributed by atoms with Crippen molar-refractivity contribution >= 4 is 17.2 Å². The minimum absolute atomic E-state index is 0.167. The molecule has 1 unspecified atom stereocenters. The minimum atomic E-state index is -2.61. The first-order valence-corrected chi connectivity index (χ1v) is 14.3. The Morgan fingerprint density at radius 1 is 0.789 bits per heavy atom. The van der Waals surface area contributed by atoms with E-state index in [0.717, 1.165) is 27.8 Å². The molecule has 216 valence electrons. The van der Waals surface area contributed by atoms with Gasteiger partial charge in [0, 0.05) is 6.54 Å². The van der Waals surface area contributed by atoms with Crippen molar-refractivity contribution in [2.75, 3.05) is 19.8 Å². The second-order valence-corrected chi connectivity index (χ2v) is 12.8. The van der Waals surface area contributed by atoms with Gasteiger partial charge in [-0.1, -0.05) is 71.9 Å². The second kappa shape index (κ2) is 14.5. The first-order chi connectivity index (χ1) is 17.5. The molecule has 0 aliphatic carbocycles. The molecule has 2 rings (SSSR count). The van der Waals surface area contributed by atoms with Gasteiger partial charge in [0.15, 0.2) is 0 Å². The quantitative estimate of drug-likeness (QED) is 0.201. The number of rotatable bonds is 9. The van der Waals surface area contributed by atoms with Gasteiger partial charge in [-0.15, -0.1) is 0 Å². The molecule has 0 bridgehead atoms. The number of hydrogen-bond donors (Lipinski definition) is 9. The Labute approximate surface area is 227 Å². The van der Waals surface area contributed by atoms with E-state index >= 15 is 0 Å². The van der Waals surface area contributed by atoms with Crippen molar-refractivity contribution in [1.29, 1.82) is 0 Å². The van der Waals surface area contributed by atoms with E-state index in [4.69, 9.17) is 25.3 Å². The molecule has 10 nitrogen and oxygen atoms in total. The van der Waals surface area contributed by atoms with Crippen LogP contribution in [0.3, 0.4) is 0 Å². The first kappa shape index (κ1) is 34.9. The van der Waals surface area contributed by atoms with Gasteiger partial charge in [0.25, 0.3) is 0 Å². The lowest BCUT2D eigenvalue weighted by molar-refractivity contribution is -0.0849. The highest BCUT2D eigenvalue weighted by Gasteiger charge is 2.39. The molecule has 0 aliphatic heterocycles. The highest BCUT2D eigenvalue weighted by Crippen LogP contribution is 2.45. The van der Waals surface area contributed by atoms with E-state index in [0.29, 0.717) is 12.1 Å². The van der Waals surface area contributed by atoms with Gasteiger partial charge in [0.05, 0.1) is 31.3 Å². The monoisotopic (exact) mass is 575 g/mol. The molecule has 0 aliphatic rings. The smallest absolute Gasteiger partial charge is 0.334 e. The predicted octanol–water partition coefficient (Wildman–Crippen LogP) is 2.83. The molecule has 10 N–H and O–H groups in total. The van der Waals surface area contributed by atoms with Crippen molar-refractivity contribution in [1.82, 2.24) is 0 Å². The SMILES string of the molecule is CC(C)(C)c1cccc(C(C)(C)C)c1-c1cc(CN)ccc1C(O)C(CO)(CO)CO.OP(O)OP(O)O. The van der Waals surface area contributed by atoms with Crippen molar-refractivity contribution in [3.05, 3.63) is 58.7 Å². The number of aliphatic hydroxyl groups excluding tert-OH is 4. The Hall–Kier alpha value is -1.10. The molecule has 0 saturated heterocycles. The Kier molecular flexibility index (Phi) is 13.3. The summed E-state index contributed by atoms with van der Waals surface area (Å²) in [5.41, 5.74) is 9.72. The van der Waals surface area contributed by atoms with Crippen LogP contribution in [0, 0.1) is 5.41 Å². The van der Waals surface area contributed by atoms with Crippen LogP contribution < -0.4 is 5.73 Å². The van der Waals surface area contributed by atoms with Crippen molar-refractivity contribution in [3.8, 4) is 11.1 Å². The van der Waals surface area contributed by atoms with Crippen LogP contribution in [0.25, 0.3) is 11.1 Å². The lowest BCUT2D eigenvalue weighted by atomic mass is 9.71. The third-order valence-electron chi connectivity index (χ3n) is 6.27. The highest BCUT2D eigenvalue weighted by atomic mass is 31.2. The molecule has 0 spiro atoms. The molecule has 0 fully saturated rings. The average Bonchev–Trinajstić information content (AvgIpc) is 2.83. The van der Waals surface area contributed by atoms with Gasteiger partial charge in [0.1, 0.15) is 0 Å². The van der Waals surface area contributed by atoms with Gasteiger partial charge in [-0.2, -0.15) is 0 Å². The van der Waals surface area contributed by atoms with E-state index in [-0.39, 0.29) is 10.8 Å². The van der Waals surface area contributed by atoms with Crippen LogP contribution in [0.2, 0.25) is 0 Å². The lowest BCUT2D eigenvalue weighted by Crippen LogP contribution is -2.40. The third-order valence-corrected chi connectivity index (χ3v) is 7.44. The van der Waals surface area contributed by atoms with Crippen molar-refractivity contribution < 1.29 is 44.3 Å². The Morgan fingerprint density at radius 2 is 1.24 bits per heavy atom. The fourth-order valence-electron chi connectivity index (χ4n) is 4.08. The van der Waals surface area contributed by atoms with Crippen LogP contribution in [0.15, 0.2) is 36.4 Å². The fourth-order valence-corrected chi connectivity index (χ4v) is 4.60. The molecule has 38 heavy (non-hydrogen) atoms. The molecule has 0 aromatic heterocycles. The summed E-state index contributed by atoms with van der Waals surface area (Å²) in [5.74, 6) is 0. The van der Waals surface area contributed by atoms with E-state index in [2.05, 4.69) is 64.1 Å². The molecule has 0 heterocycles. The van der Waals surface area contributed by atoms with Gasteiger partial charge < -0.3 is 45.7 Å². The first-order valence-electron chi connectivity index (χ1n) is 12.0. The van der Waals surface area contributed by atoms with Gasteiger partial charge in [-0.05, 0) is 50.3 Å². The summed E-state index contributed by atoms with van der Waals surface area (Å²) in [4.78, 5) is 31.3. The highest BCUT2D eigenvalue weighted by molar-refractivity contribution is 7.53. The van der Waals surface area contributed by atoms with Crippen molar-refractivity contribution in [2.45, 2.75) is 65.0 Å². The molecule has 2 aromatic rings. The largest absolute Gasteiger partial charge is 0.395 e. The zero-order chi connectivity index (χ0) is 29.5. The van der Waals surface area contributed by atoms with Gasteiger partial charge >= 0.3 is 17.2 Å². The number of hydrogen-bond acceptors (Lipinski definition) is 10. The summed E-state index contributed by atoms with van der Waals surface area (Å²) in [6.07, 6.45) is -1.27. The van der Waals surface area contributed by atoms with Crippen molar-refractivity contribution in [2.24, 2.45) is 11.1 Å². The van der Waals surface area contributed by atoms with Crippen LogP contribution in [0.5, 0.6) is 0 Å². The van der Waals surface area contributed by atoms with Crippen LogP contribution in [-0.2, 0) is 21.7 Å². The van der Waals surface area contributed by atoms with Crippen LogP contribution in [-0.4, -0.2) is 59.8 Å². The maximum atomic E-state index is 11.3. The molecule has 0 radical (unpaired) electrons. The molecule has 0 saturated carbocycles. The standard InChI is InChI=1S/C26H39NO4.H4O5P2/c1-24(2,3)20-8-7-9-21(25(4,5)6)22(20)19-12-17(13-27)10-11-18(19)23(31)26(14-28,15-29)16-30;1-6(2)5-7(3)4/h7-12,23,28-31H,13-16,27H2,1-6H3;1-4H. The van der Waals surface area contributed by atoms with Crippen LogP contribution in [0.4, 0.5) is 0 Å². The molecular formula is C26H43NO9P2. The van der Waals surface area contributed by atoms with Gasteiger partial charge in [0.2, 0.25) is 0 Å². The minimum Gasteiger partial charge on any atom is -0.395 e. The number of nitrogens with two attached hydrogens (primary N) is 1. The van der Waals surface area contributed by atoms with Gasteiger partial charge in [-0.25, -0.2) is 4.31 Å². The lowest BCUT2D eigenvalue weighted by Gasteiger charge is -2.36. The fraction of sp³-hybridized carbons (Fsp3) is 0.538.